The van der Waals surface area contributed by atoms with Gasteiger partial charge in [-0.25, -0.2) is 4.39 Å². The van der Waals surface area contributed by atoms with Gasteiger partial charge in [0.1, 0.15) is 5.82 Å². The summed E-state index contributed by atoms with van der Waals surface area (Å²) in [5.41, 5.74) is 0.840. The second kappa shape index (κ2) is 9.14. The summed E-state index contributed by atoms with van der Waals surface area (Å²) in [6.45, 7) is 13.1. The number of rotatable bonds is 7. The van der Waals surface area contributed by atoms with Crippen LogP contribution in [0.4, 0.5) is 4.39 Å². The predicted molar refractivity (Wildman–Crippen MR) is 95.2 cm³/mol. The predicted octanol–water partition coefficient (Wildman–Crippen LogP) is 2.45. The number of carbonyl (C=O) groups excluding carboxylic acids is 1. The minimum Gasteiger partial charge on any atom is -0.338 e. The van der Waals surface area contributed by atoms with Crippen molar-refractivity contribution in [2.75, 3.05) is 45.8 Å². The van der Waals surface area contributed by atoms with E-state index in [0.29, 0.717) is 25.6 Å². The molecular formula is C19H30FN3O. The van der Waals surface area contributed by atoms with Crippen LogP contribution in [-0.4, -0.2) is 66.4 Å². The SMILES string of the molecule is CCN(Cc1cccc(F)c1)C(=O)CN1CCN(CC(C)C)CC1. The van der Waals surface area contributed by atoms with Gasteiger partial charge >= 0.3 is 0 Å². The Bertz CT molecular complexity index is 527. The van der Waals surface area contributed by atoms with E-state index in [9.17, 15) is 9.18 Å². The zero-order valence-electron chi connectivity index (χ0n) is 15.2. The molecule has 0 atom stereocenters. The first-order valence-electron chi connectivity index (χ1n) is 8.95. The quantitative estimate of drug-likeness (QED) is 0.766. The van der Waals surface area contributed by atoms with Crippen molar-refractivity contribution in [2.24, 2.45) is 5.92 Å². The molecule has 5 heteroatoms. The van der Waals surface area contributed by atoms with Crippen molar-refractivity contribution in [3.05, 3.63) is 35.6 Å². The summed E-state index contributed by atoms with van der Waals surface area (Å²) >= 11 is 0. The smallest absolute Gasteiger partial charge is 0.237 e. The van der Waals surface area contributed by atoms with E-state index in [0.717, 1.165) is 38.3 Å². The molecule has 2 rings (SSSR count). The maximum Gasteiger partial charge on any atom is 0.237 e. The number of hydrogen-bond acceptors (Lipinski definition) is 3. The van der Waals surface area contributed by atoms with Crippen LogP contribution in [0.15, 0.2) is 24.3 Å². The van der Waals surface area contributed by atoms with Crippen molar-refractivity contribution in [2.45, 2.75) is 27.3 Å². The van der Waals surface area contributed by atoms with Gasteiger partial charge in [-0.3, -0.25) is 9.69 Å². The molecule has 0 unspecified atom stereocenters. The lowest BCUT2D eigenvalue weighted by Gasteiger charge is -2.36. The van der Waals surface area contributed by atoms with E-state index in [1.807, 2.05) is 13.0 Å². The summed E-state index contributed by atoms with van der Waals surface area (Å²) in [5, 5.41) is 0. The monoisotopic (exact) mass is 335 g/mol. The molecule has 0 aliphatic carbocycles. The van der Waals surface area contributed by atoms with E-state index >= 15 is 0 Å². The number of hydrogen-bond donors (Lipinski definition) is 0. The fraction of sp³-hybridized carbons (Fsp3) is 0.632. The van der Waals surface area contributed by atoms with E-state index in [4.69, 9.17) is 0 Å². The molecule has 4 nitrogen and oxygen atoms in total. The van der Waals surface area contributed by atoms with Gasteiger partial charge in [-0.15, -0.1) is 0 Å². The molecule has 1 aromatic carbocycles. The lowest BCUT2D eigenvalue weighted by Crippen LogP contribution is -2.50. The molecule has 0 aromatic heterocycles. The minimum atomic E-state index is -0.253. The highest BCUT2D eigenvalue weighted by Crippen LogP contribution is 2.09. The second-order valence-corrected chi connectivity index (χ2v) is 7.01. The average molecular weight is 335 g/mol. The van der Waals surface area contributed by atoms with Crippen LogP contribution >= 0.6 is 0 Å². The molecule has 0 spiro atoms. The van der Waals surface area contributed by atoms with E-state index in [-0.39, 0.29) is 11.7 Å². The second-order valence-electron chi connectivity index (χ2n) is 7.01. The molecule has 1 aromatic rings. The van der Waals surface area contributed by atoms with Crippen LogP contribution in [0.1, 0.15) is 26.3 Å². The lowest BCUT2D eigenvalue weighted by atomic mass is 10.2. The molecule has 0 saturated carbocycles. The molecular weight excluding hydrogens is 305 g/mol. The Morgan fingerprint density at radius 2 is 1.88 bits per heavy atom. The van der Waals surface area contributed by atoms with Crippen LogP contribution in [0.2, 0.25) is 0 Å². The number of benzene rings is 1. The van der Waals surface area contributed by atoms with Crippen LogP contribution in [0.5, 0.6) is 0 Å². The van der Waals surface area contributed by atoms with Gasteiger partial charge in [0.15, 0.2) is 0 Å². The molecule has 1 amide bonds. The third-order valence-electron chi connectivity index (χ3n) is 4.44. The maximum absolute atomic E-state index is 13.3. The normalized spacial score (nSPS) is 16.5. The molecule has 0 bridgehead atoms. The number of piperazine rings is 1. The van der Waals surface area contributed by atoms with Gasteiger partial charge in [-0.1, -0.05) is 26.0 Å². The maximum atomic E-state index is 13.3. The summed E-state index contributed by atoms with van der Waals surface area (Å²) in [6.07, 6.45) is 0. The summed E-state index contributed by atoms with van der Waals surface area (Å²) in [4.78, 5) is 19.1. The first-order valence-corrected chi connectivity index (χ1v) is 8.95. The van der Waals surface area contributed by atoms with Crippen molar-refractivity contribution >= 4 is 5.91 Å². The van der Waals surface area contributed by atoms with Gasteiger partial charge < -0.3 is 9.80 Å². The van der Waals surface area contributed by atoms with Crippen LogP contribution in [0.3, 0.4) is 0 Å². The zero-order chi connectivity index (χ0) is 17.5. The van der Waals surface area contributed by atoms with Crippen LogP contribution in [0.25, 0.3) is 0 Å². The highest BCUT2D eigenvalue weighted by atomic mass is 19.1. The van der Waals surface area contributed by atoms with E-state index in [1.165, 1.54) is 12.1 Å². The molecule has 1 saturated heterocycles. The molecule has 1 aliphatic heterocycles. The lowest BCUT2D eigenvalue weighted by molar-refractivity contribution is -0.133. The summed E-state index contributed by atoms with van der Waals surface area (Å²) < 4.78 is 13.3. The third kappa shape index (κ3) is 5.87. The van der Waals surface area contributed by atoms with Crippen LogP contribution in [0, 0.1) is 11.7 Å². The van der Waals surface area contributed by atoms with Gasteiger partial charge in [0.2, 0.25) is 5.91 Å². The summed E-state index contributed by atoms with van der Waals surface area (Å²) in [7, 11) is 0. The van der Waals surface area contributed by atoms with Crippen molar-refractivity contribution < 1.29 is 9.18 Å². The molecule has 1 aliphatic rings. The van der Waals surface area contributed by atoms with Crippen molar-refractivity contribution in [3.63, 3.8) is 0 Å². The van der Waals surface area contributed by atoms with Crippen molar-refractivity contribution in [1.82, 2.24) is 14.7 Å². The van der Waals surface area contributed by atoms with Crippen LogP contribution in [-0.2, 0) is 11.3 Å². The standard InChI is InChI=1S/C19H30FN3O/c1-4-23(14-17-6-5-7-18(20)12-17)19(24)15-22-10-8-21(9-11-22)13-16(2)3/h5-7,12,16H,4,8-11,13-15H2,1-3H3. The Morgan fingerprint density at radius 3 is 2.46 bits per heavy atom. The van der Waals surface area contributed by atoms with Gasteiger partial charge in [0.25, 0.3) is 0 Å². The first kappa shape index (κ1) is 18.9. The molecule has 134 valence electrons. The molecule has 0 N–H and O–H groups in total. The fourth-order valence-electron chi connectivity index (χ4n) is 3.17. The Labute approximate surface area is 145 Å². The zero-order valence-corrected chi connectivity index (χ0v) is 15.2. The van der Waals surface area contributed by atoms with Gasteiger partial charge in [0, 0.05) is 45.8 Å². The Morgan fingerprint density at radius 1 is 1.21 bits per heavy atom. The summed E-state index contributed by atoms with van der Waals surface area (Å²) in [5.74, 6) is 0.552. The van der Waals surface area contributed by atoms with Gasteiger partial charge in [-0.2, -0.15) is 0 Å². The average Bonchev–Trinajstić information content (AvgIpc) is 2.54. The molecule has 1 fully saturated rings. The molecule has 0 radical (unpaired) electrons. The largest absolute Gasteiger partial charge is 0.338 e. The molecule has 1 heterocycles. The van der Waals surface area contributed by atoms with Gasteiger partial charge in [-0.05, 0) is 30.5 Å². The number of carbonyl (C=O) groups is 1. The topological polar surface area (TPSA) is 26.8 Å². The highest BCUT2D eigenvalue weighted by Gasteiger charge is 2.21. The molecule has 24 heavy (non-hydrogen) atoms. The first-order chi connectivity index (χ1) is 11.5. The van der Waals surface area contributed by atoms with Crippen molar-refractivity contribution in [3.8, 4) is 0 Å². The van der Waals surface area contributed by atoms with Gasteiger partial charge in [0.05, 0.1) is 6.54 Å². The third-order valence-corrected chi connectivity index (χ3v) is 4.44. The number of amides is 1. The van der Waals surface area contributed by atoms with Crippen molar-refractivity contribution in [1.29, 1.82) is 0 Å². The number of likely N-dealkylation sites (N-methyl/N-ethyl adjacent to an activating group) is 1. The van der Waals surface area contributed by atoms with E-state index in [2.05, 4.69) is 23.6 Å². The minimum absolute atomic E-state index is 0.124. The van der Waals surface area contributed by atoms with E-state index in [1.54, 1.807) is 11.0 Å². The number of halogens is 1. The Hall–Kier alpha value is -1.46. The number of nitrogens with zero attached hydrogens (tertiary/aromatic N) is 3. The van der Waals surface area contributed by atoms with E-state index < -0.39 is 0 Å². The Kier molecular flexibility index (Phi) is 7.18. The highest BCUT2D eigenvalue weighted by molar-refractivity contribution is 5.78. The summed E-state index contributed by atoms with van der Waals surface area (Å²) in [6, 6.07) is 6.49. The van der Waals surface area contributed by atoms with Crippen LogP contribution < -0.4 is 0 Å². The fourth-order valence-corrected chi connectivity index (χ4v) is 3.17. The Balaban J connectivity index is 1.82.